The van der Waals surface area contributed by atoms with Gasteiger partial charge in [-0.25, -0.2) is 17.8 Å². The van der Waals surface area contributed by atoms with E-state index in [0.717, 1.165) is 12.8 Å². The summed E-state index contributed by atoms with van der Waals surface area (Å²) in [6.45, 7) is 4.62. The summed E-state index contributed by atoms with van der Waals surface area (Å²) < 4.78 is 42.0. The van der Waals surface area contributed by atoms with Crippen molar-refractivity contribution in [3.8, 4) is 0 Å². The fraction of sp³-hybridized carbons (Fsp3) is 0.360. The fourth-order valence-electron chi connectivity index (χ4n) is 3.95. The van der Waals surface area contributed by atoms with E-state index in [1.54, 1.807) is 39.8 Å². The molecule has 0 saturated heterocycles. The van der Waals surface area contributed by atoms with Gasteiger partial charge in [0.1, 0.15) is 5.82 Å². The molecule has 0 radical (unpaired) electrons. The Morgan fingerprint density at radius 1 is 1.21 bits per heavy atom. The first-order chi connectivity index (χ1) is 16.1. The van der Waals surface area contributed by atoms with Gasteiger partial charge in [0.2, 0.25) is 15.0 Å². The SMILES string of the molecule is CC(C)Cn1c(CN(C(=O)c2cccc(F)c2)C2CC2)cnc1S(=O)(=O)Cc1cccc(Cl)c1. The van der Waals surface area contributed by atoms with Crippen LogP contribution in [0, 0.1) is 11.7 Å². The molecule has 4 rings (SSSR count). The van der Waals surface area contributed by atoms with E-state index in [2.05, 4.69) is 4.98 Å². The highest BCUT2D eigenvalue weighted by Gasteiger charge is 2.35. The normalized spacial score (nSPS) is 13.9. The number of imidazole rings is 1. The summed E-state index contributed by atoms with van der Waals surface area (Å²) in [5.41, 5.74) is 1.49. The van der Waals surface area contributed by atoms with Gasteiger partial charge >= 0.3 is 0 Å². The summed E-state index contributed by atoms with van der Waals surface area (Å²) in [6, 6.07) is 12.4. The number of hydrogen-bond donors (Lipinski definition) is 0. The largest absolute Gasteiger partial charge is 0.330 e. The molecule has 3 aromatic rings. The van der Waals surface area contributed by atoms with Crippen molar-refractivity contribution in [2.24, 2.45) is 5.92 Å². The smallest absolute Gasteiger partial charge is 0.254 e. The van der Waals surface area contributed by atoms with Gasteiger partial charge in [0.15, 0.2) is 0 Å². The molecule has 2 aromatic carbocycles. The summed E-state index contributed by atoms with van der Waals surface area (Å²) in [5.74, 6) is -0.818. The van der Waals surface area contributed by atoms with Gasteiger partial charge in [-0.05, 0) is 54.7 Å². The predicted molar refractivity (Wildman–Crippen MR) is 129 cm³/mol. The van der Waals surface area contributed by atoms with E-state index in [0.29, 0.717) is 22.8 Å². The van der Waals surface area contributed by atoms with Gasteiger partial charge < -0.3 is 9.47 Å². The minimum atomic E-state index is -3.76. The molecule has 0 aliphatic heterocycles. The Morgan fingerprint density at radius 2 is 1.94 bits per heavy atom. The van der Waals surface area contributed by atoms with Crippen molar-refractivity contribution < 1.29 is 17.6 Å². The van der Waals surface area contributed by atoms with Gasteiger partial charge in [0.25, 0.3) is 5.91 Å². The molecule has 180 valence electrons. The lowest BCUT2D eigenvalue weighted by molar-refractivity contribution is 0.0724. The minimum Gasteiger partial charge on any atom is -0.330 e. The number of carbonyl (C=O) groups excluding carboxylic acids is 1. The third kappa shape index (κ3) is 5.67. The summed E-state index contributed by atoms with van der Waals surface area (Å²) in [5, 5.41) is 0.444. The van der Waals surface area contributed by atoms with Crippen LogP contribution in [0.4, 0.5) is 4.39 Å². The highest BCUT2D eigenvalue weighted by atomic mass is 35.5. The minimum absolute atomic E-state index is 0.0230. The Bertz CT molecular complexity index is 1300. The summed E-state index contributed by atoms with van der Waals surface area (Å²) in [7, 11) is -3.76. The Balaban J connectivity index is 1.66. The number of carbonyl (C=O) groups is 1. The van der Waals surface area contributed by atoms with Crippen LogP contribution in [0.5, 0.6) is 0 Å². The van der Waals surface area contributed by atoms with Gasteiger partial charge in [0, 0.05) is 23.2 Å². The molecule has 34 heavy (non-hydrogen) atoms. The summed E-state index contributed by atoms with van der Waals surface area (Å²) in [4.78, 5) is 19.2. The zero-order valence-corrected chi connectivity index (χ0v) is 20.7. The van der Waals surface area contributed by atoms with Crippen LogP contribution in [-0.4, -0.2) is 34.8 Å². The molecule has 0 atom stereocenters. The van der Waals surface area contributed by atoms with Gasteiger partial charge in [0.05, 0.1) is 24.2 Å². The van der Waals surface area contributed by atoms with E-state index in [4.69, 9.17) is 11.6 Å². The molecular weight excluding hydrogens is 477 g/mol. The number of sulfone groups is 1. The zero-order chi connectivity index (χ0) is 24.5. The van der Waals surface area contributed by atoms with E-state index < -0.39 is 15.7 Å². The fourth-order valence-corrected chi connectivity index (χ4v) is 5.65. The molecule has 9 heteroatoms. The second kappa shape index (κ2) is 9.88. The highest BCUT2D eigenvalue weighted by molar-refractivity contribution is 7.90. The van der Waals surface area contributed by atoms with Crippen LogP contribution < -0.4 is 0 Å². The maximum atomic E-state index is 13.7. The quantitative estimate of drug-likeness (QED) is 0.407. The molecular formula is C25H27ClFN3O3S. The second-order valence-corrected chi connectivity index (χ2v) is 11.4. The van der Waals surface area contributed by atoms with E-state index in [9.17, 15) is 17.6 Å². The number of amides is 1. The summed E-state index contributed by atoms with van der Waals surface area (Å²) >= 11 is 6.03. The predicted octanol–water partition coefficient (Wildman–Crippen LogP) is 5.11. The van der Waals surface area contributed by atoms with Crippen molar-refractivity contribution in [2.75, 3.05) is 0 Å². The van der Waals surface area contributed by atoms with Crippen molar-refractivity contribution in [3.05, 3.63) is 82.4 Å². The van der Waals surface area contributed by atoms with E-state index in [-0.39, 0.29) is 40.9 Å². The van der Waals surface area contributed by atoms with Gasteiger partial charge in [-0.1, -0.05) is 43.6 Å². The lowest BCUT2D eigenvalue weighted by Crippen LogP contribution is -2.33. The highest BCUT2D eigenvalue weighted by Crippen LogP contribution is 2.31. The van der Waals surface area contributed by atoms with Gasteiger partial charge in [-0.3, -0.25) is 4.79 Å². The Morgan fingerprint density at radius 3 is 2.59 bits per heavy atom. The van der Waals surface area contributed by atoms with Crippen LogP contribution in [0.1, 0.15) is 48.3 Å². The molecule has 1 saturated carbocycles. The number of rotatable bonds is 9. The van der Waals surface area contributed by atoms with Crippen molar-refractivity contribution in [3.63, 3.8) is 0 Å². The lowest BCUT2D eigenvalue weighted by Gasteiger charge is -2.24. The third-order valence-corrected chi connectivity index (χ3v) is 7.46. The summed E-state index contributed by atoms with van der Waals surface area (Å²) in [6.07, 6.45) is 3.25. The van der Waals surface area contributed by atoms with E-state index >= 15 is 0 Å². The Kier molecular flexibility index (Phi) is 7.09. The zero-order valence-electron chi connectivity index (χ0n) is 19.1. The molecule has 1 aliphatic rings. The van der Waals surface area contributed by atoms with Crippen LogP contribution >= 0.6 is 11.6 Å². The van der Waals surface area contributed by atoms with Gasteiger partial charge in [-0.15, -0.1) is 0 Å². The topological polar surface area (TPSA) is 72.3 Å². The van der Waals surface area contributed by atoms with Crippen molar-refractivity contribution in [1.82, 2.24) is 14.5 Å². The monoisotopic (exact) mass is 503 g/mol. The number of hydrogen-bond acceptors (Lipinski definition) is 4. The van der Waals surface area contributed by atoms with Crippen molar-refractivity contribution in [1.29, 1.82) is 0 Å². The Labute approximate surface area is 204 Å². The molecule has 1 fully saturated rings. The number of aromatic nitrogens is 2. The molecule has 1 amide bonds. The van der Waals surface area contributed by atoms with E-state index in [1.807, 2.05) is 13.8 Å². The molecule has 0 unspecified atom stereocenters. The van der Waals surface area contributed by atoms with Gasteiger partial charge in [-0.2, -0.15) is 0 Å². The maximum Gasteiger partial charge on any atom is 0.254 e. The van der Waals surface area contributed by atoms with Crippen LogP contribution in [0.25, 0.3) is 0 Å². The maximum absolute atomic E-state index is 13.7. The number of benzene rings is 2. The number of nitrogens with zero attached hydrogens (tertiary/aromatic N) is 3. The van der Waals surface area contributed by atoms with Crippen LogP contribution in [0.2, 0.25) is 5.02 Å². The first-order valence-corrected chi connectivity index (χ1v) is 13.2. The van der Waals surface area contributed by atoms with Crippen LogP contribution in [-0.2, 0) is 28.7 Å². The van der Waals surface area contributed by atoms with Crippen molar-refractivity contribution >= 4 is 27.3 Å². The second-order valence-electron chi connectivity index (χ2n) is 9.10. The van der Waals surface area contributed by atoms with Crippen molar-refractivity contribution in [2.45, 2.75) is 56.7 Å². The average molecular weight is 504 g/mol. The third-order valence-electron chi connectivity index (χ3n) is 5.63. The lowest BCUT2D eigenvalue weighted by atomic mass is 10.2. The average Bonchev–Trinajstić information content (AvgIpc) is 3.52. The molecule has 0 bridgehead atoms. The molecule has 1 heterocycles. The standard InChI is InChI=1S/C25H27ClFN3O3S/c1-17(2)14-30-23(13-28-25(30)34(32,33)16-18-5-3-7-20(26)11-18)15-29(22-9-10-22)24(31)19-6-4-8-21(27)12-19/h3-8,11-13,17,22H,9-10,14-16H2,1-2H3. The molecule has 0 spiro atoms. The Hall–Kier alpha value is -2.71. The first-order valence-electron chi connectivity index (χ1n) is 11.2. The molecule has 6 nitrogen and oxygen atoms in total. The molecule has 0 N–H and O–H groups in total. The van der Waals surface area contributed by atoms with Crippen LogP contribution in [0.3, 0.4) is 0 Å². The van der Waals surface area contributed by atoms with E-state index in [1.165, 1.54) is 24.4 Å². The number of halogens is 2. The van der Waals surface area contributed by atoms with Crippen LogP contribution in [0.15, 0.2) is 59.9 Å². The first kappa shape index (κ1) is 24.4. The molecule has 1 aromatic heterocycles. The molecule has 1 aliphatic carbocycles.